The number of hydrogen-bond donors (Lipinski definition) is 1. The molecular weight excluding hydrogens is 666 g/mol. The number of aliphatic hydroxyl groups is 1. The number of aryl methyl sites for hydroxylation is 1. The number of carbonyl (C=O) groups is 2. The quantitative estimate of drug-likeness (QED) is 0.107. The van der Waals surface area contributed by atoms with Crippen LogP contribution in [0.15, 0.2) is 71.4 Å². The van der Waals surface area contributed by atoms with Crippen LogP contribution in [-0.2, 0) is 39.7 Å². The molecule has 5 aliphatic rings. The minimum atomic E-state index is -1.88. The zero-order valence-electron chi connectivity index (χ0n) is 31.0. The minimum Gasteiger partial charge on any atom is -0.462 e. The molecule has 11 nitrogen and oxygen atoms in total. The lowest BCUT2D eigenvalue weighted by molar-refractivity contribution is -0.384. The lowest BCUT2D eigenvalue weighted by Crippen LogP contribution is -2.57. The van der Waals surface area contributed by atoms with E-state index in [2.05, 4.69) is 33.8 Å². The third-order valence-corrected chi connectivity index (χ3v) is 11.6. The number of ether oxygens (including phenoxy) is 5. The fraction of sp³-hybridized carbons (Fsp3) is 0.610. The first-order chi connectivity index (χ1) is 24.8. The number of non-ortho nitro benzene ring substituents is 1. The first kappa shape index (κ1) is 38.3. The van der Waals surface area contributed by atoms with Crippen LogP contribution in [-0.4, -0.2) is 76.9 Å². The molecule has 282 valence electrons. The van der Waals surface area contributed by atoms with Gasteiger partial charge in [-0.05, 0) is 74.2 Å². The van der Waals surface area contributed by atoms with Gasteiger partial charge in [-0.3, -0.25) is 19.7 Å². The number of rotatable bonds is 7. The van der Waals surface area contributed by atoms with Crippen molar-refractivity contribution in [3.8, 4) is 0 Å². The Labute approximate surface area is 306 Å². The van der Waals surface area contributed by atoms with Gasteiger partial charge in [-0.25, -0.2) is 0 Å². The number of nitro benzene ring substituents is 1. The van der Waals surface area contributed by atoms with Crippen LogP contribution >= 0.6 is 0 Å². The molecule has 3 saturated heterocycles. The highest BCUT2D eigenvalue weighted by Crippen LogP contribution is 2.46. The van der Waals surface area contributed by atoms with Crippen molar-refractivity contribution in [2.75, 3.05) is 13.2 Å². The van der Waals surface area contributed by atoms with Crippen molar-refractivity contribution in [1.29, 1.82) is 0 Å². The molecule has 1 aromatic carbocycles. The molecule has 4 heterocycles. The van der Waals surface area contributed by atoms with Gasteiger partial charge in [0.15, 0.2) is 17.7 Å². The summed E-state index contributed by atoms with van der Waals surface area (Å²) in [6.45, 7) is 10.6. The fourth-order valence-electron chi connectivity index (χ4n) is 8.57. The summed E-state index contributed by atoms with van der Waals surface area (Å²) in [4.78, 5) is 38.0. The summed E-state index contributed by atoms with van der Waals surface area (Å²) < 4.78 is 32.2. The van der Waals surface area contributed by atoms with Crippen molar-refractivity contribution in [2.45, 2.75) is 128 Å². The van der Waals surface area contributed by atoms with Crippen LogP contribution in [0.2, 0.25) is 0 Å². The van der Waals surface area contributed by atoms with E-state index in [0.717, 1.165) is 30.4 Å². The first-order valence-electron chi connectivity index (χ1n) is 18.9. The maximum absolute atomic E-state index is 14.1. The van der Waals surface area contributed by atoms with Crippen LogP contribution < -0.4 is 0 Å². The van der Waals surface area contributed by atoms with Crippen molar-refractivity contribution >= 4 is 17.4 Å². The van der Waals surface area contributed by atoms with Crippen molar-refractivity contribution in [3.05, 3.63) is 87.0 Å². The predicted molar refractivity (Wildman–Crippen MR) is 193 cm³/mol. The van der Waals surface area contributed by atoms with Gasteiger partial charge in [-0.1, -0.05) is 63.3 Å². The van der Waals surface area contributed by atoms with Gasteiger partial charge in [0.1, 0.15) is 17.6 Å². The first-order valence-corrected chi connectivity index (χ1v) is 18.9. The van der Waals surface area contributed by atoms with E-state index < -0.39 is 40.4 Å². The summed E-state index contributed by atoms with van der Waals surface area (Å²) in [5.74, 6) is -2.65. The average Bonchev–Trinajstić information content (AvgIpc) is 3.46. The van der Waals surface area contributed by atoms with Gasteiger partial charge >= 0.3 is 5.97 Å². The molecule has 0 unspecified atom stereocenters. The standard InChI is InChI=1S/C41H53NO10/c1-6-35-25(2)18-19-40(52-35)23-33-22-32(51-40)17-12-27(4)37(48-20-8-10-29-13-15-31(16-14-29)42(46)47)26(3)9-7-11-30-24-49-38-36(43)28(5)21-34(39(44)50-33)41(30,38)45/h7,9,11-16,21,25-26,32-35,37-38,45H,6,8,10,17-20,22-24H2,1-5H3/b9-7+,27-12+,30-11+/t25-,26-,32+,33-,34-,35+,37+,38+,40+,41+/m0/s1. The molecule has 1 aromatic rings. The van der Waals surface area contributed by atoms with Crippen LogP contribution in [0.25, 0.3) is 0 Å². The summed E-state index contributed by atoms with van der Waals surface area (Å²) in [6.07, 6.45) is 12.3. The van der Waals surface area contributed by atoms with Crippen LogP contribution in [0.4, 0.5) is 5.69 Å². The number of Topliss-reactive ketones (excluding diaryl/α,β-unsaturated/α-hetero) is 1. The van der Waals surface area contributed by atoms with Crippen LogP contribution in [0, 0.1) is 27.9 Å². The third kappa shape index (κ3) is 7.89. The highest BCUT2D eigenvalue weighted by Gasteiger charge is 2.60. The van der Waals surface area contributed by atoms with E-state index in [1.54, 1.807) is 25.1 Å². The minimum absolute atomic E-state index is 0.00488. The molecule has 1 N–H and O–H groups in total. The highest BCUT2D eigenvalue weighted by atomic mass is 16.7. The second kappa shape index (κ2) is 15.9. The van der Waals surface area contributed by atoms with Crippen molar-refractivity contribution < 1.29 is 43.3 Å². The number of hydrogen-bond acceptors (Lipinski definition) is 10. The summed E-state index contributed by atoms with van der Waals surface area (Å²) in [5.41, 5.74) is 1.03. The van der Waals surface area contributed by atoms with Gasteiger partial charge in [0.05, 0.1) is 29.8 Å². The van der Waals surface area contributed by atoms with E-state index in [4.69, 9.17) is 23.7 Å². The molecule has 6 rings (SSSR count). The Morgan fingerprint density at radius 1 is 1.10 bits per heavy atom. The molecule has 4 aliphatic heterocycles. The molecular formula is C41H53NO10. The summed E-state index contributed by atoms with van der Waals surface area (Å²) in [5, 5.41) is 23.3. The van der Waals surface area contributed by atoms with E-state index in [9.17, 15) is 24.8 Å². The molecule has 0 amide bonds. The third-order valence-electron chi connectivity index (χ3n) is 11.6. The van der Waals surface area contributed by atoms with Gasteiger partial charge < -0.3 is 28.8 Å². The lowest BCUT2D eigenvalue weighted by atomic mass is 9.71. The lowest BCUT2D eigenvalue weighted by Gasteiger charge is -2.49. The zero-order chi connectivity index (χ0) is 37.2. The van der Waals surface area contributed by atoms with Gasteiger partial charge in [-0.15, -0.1) is 0 Å². The summed E-state index contributed by atoms with van der Waals surface area (Å²) in [6, 6.07) is 6.60. The summed E-state index contributed by atoms with van der Waals surface area (Å²) >= 11 is 0. The predicted octanol–water partition coefficient (Wildman–Crippen LogP) is 6.67. The number of nitrogens with zero attached hydrogens (tertiary/aromatic N) is 1. The van der Waals surface area contributed by atoms with E-state index >= 15 is 0 Å². The smallest absolute Gasteiger partial charge is 0.316 e. The molecule has 3 fully saturated rings. The average molecular weight is 720 g/mol. The number of ketones is 1. The number of benzene rings is 1. The fourth-order valence-corrected chi connectivity index (χ4v) is 8.57. The van der Waals surface area contributed by atoms with Crippen LogP contribution in [0.3, 0.4) is 0 Å². The highest BCUT2D eigenvalue weighted by molar-refractivity contribution is 6.03. The SMILES string of the molecule is CC[C@H]1O[C@]2(CC[C@@H]1C)C[C@@H]1C[C@@H](C/C=C(\C)[C@H](OCCCc3ccc([N+](=O)[O-])cc3)[C@@H](C)/C=C/C=C3\CO[C@@H]4C(=O)C(C)=C[C@@H](C(=O)O1)[C@]34O)O2. The van der Waals surface area contributed by atoms with Gasteiger partial charge in [0.25, 0.3) is 5.69 Å². The Bertz CT molecular complexity index is 1630. The Balaban J connectivity index is 1.29. The molecule has 1 spiro atoms. The van der Waals surface area contributed by atoms with Crippen molar-refractivity contribution in [1.82, 2.24) is 0 Å². The Morgan fingerprint density at radius 3 is 2.60 bits per heavy atom. The number of fused-ring (bicyclic) bond motifs is 2. The largest absolute Gasteiger partial charge is 0.462 e. The Kier molecular flexibility index (Phi) is 11.7. The number of carbonyl (C=O) groups excluding carboxylic acids is 2. The molecule has 1 aliphatic carbocycles. The zero-order valence-corrected chi connectivity index (χ0v) is 31.0. The van der Waals surface area contributed by atoms with E-state index in [-0.39, 0.29) is 42.3 Å². The molecule has 0 aromatic heterocycles. The van der Waals surface area contributed by atoms with Gasteiger partial charge in [0.2, 0.25) is 0 Å². The Morgan fingerprint density at radius 2 is 1.87 bits per heavy atom. The van der Waals surface area contributed by atoms with Crippen LogP contribution in [0.1, 0.15) is 85.1 Å². The summed E-state index contributed by atoms with van der Waals surface area (Å²) in [7, 11) is 0. The van der Waals surface area contributed by atoms with E-state index in [1.165, 1.54) is 18.2 Å². The second-order valence-corrected chi connectivity index (χ2v) is 15.4. The van der Waals surface area contributed by atoms with Crippen LogP contribution in [0.5, 0.6) is 0 Å². The molecule has 10 atom stereocenters. The second-order valence-electron chi connectivity index (χ2n) is 15.4. The number of allylic oxidation sites excluding steroid dienone is 2. The topological polar surface area (TPSA) is 144 Å². The van der Waals surface area contributed by atoms with E-state index in [1.807, 2.05) is 12.2 Å². The number of esters is 1. The van der Waals surface area contributed by atoms with Crippen molar-refractivity contribution in [2.24, 2.45) is 17.8 Å². The number of nitro groups is 1. The maximum atomic E-state index is 14.1. The molecule has 11 heteroatoms. The maximum Gasteiger partial charge on any atom is 0.316 e. The van der Waals surface area contributed by atoms with Crippen molar-refractivity contribution in [3.63, 3.8) is 0 Å². The van der Waals surface area contributed by atoms with Gasteiger partial charge in [0, 0.05) is 43.9 Å². The molecule has 0 radical (unpaired) electrons. The normalized spacial score (nSPS) is 39.4. The Hall–Kier alpha value is -3.48. The molecule has 0 saturated carbocycles. The molecule has 52 heavy (non-hydrogen) atoms. The monoisotopic (exact) mass is 719 g/mol. The van der Waals surface area contributed by atoms with E-state index in [0.29, 0.717) is 55.8 Å². The molecule has 2 bridgehead atoms. The van der Waals surface area contributed by atoms with Gasteiger partial charge in [-0.2, -0.15) is 0 Å².